The Kier molecular flexibility index (Phi) is 5.01. The molecule has 0 atom stereocenters. The predicted octanol–water partition coefficient (Wildman–Crippen LogP) is 2.08. The normalized spacial score (nSPS) is 10.5. The lowest BCUT2D eigenvalue weighted by atomic mass is 10.1. The maximum absolute atomic E-state index is 11.8. The smallest absolute Gasteiger partial charge is 0.260 e. The third kappa shape index (κ3) is 3.65. The largest absolute Gasteiger partial charge is 0.482 e. The van der Waals surface area contributed by atoms with Crippen LogP contribution in [0.5, 0.6) is 5.75 Å². The second-order valence-corrected chi connectivity index (χ2v) is 4.61. The molecule has 0 unspecified atom stereocenters. The van der Waals surface area contributed by atoms with Crippen molar-refractivity contribution in [1.29, 1.82) is 0 Å². The van der Waals surface area contributed by atoms with E-state index in [4.69, 9.17) is 10.5 Å². The van der Waals surface area contributed by atoms with E-state index in [0.717, 1.165) is 12.0 Å². The average Bonchev–Trinajstić information content (AvgIpc) is 2.35. The summed E-state index contributed by atoms with van der Waals surface area (Å²) < 4.78 is 5.45. The maximum Gasteiger partial charge on any atom is 0.260 e. The quantitative estimate of drug-likeness (QED) is 0.814. The molecule has 0 heterocycles. The summed E-state index contributed by atoms with van der Waals surface area (Å²) in [6, 6.07) is 5.83. The molecule has 4 heteroatoms. The molecule has 100 valence electrons. The lowest BCUT2D eigenvalue weighted by Crippen LogP contribution is -2.36. The van der Waals surface area contributed by atoms with Crippen molar-refractivity contribution < 1.29 is 9.53 Å². The van der Waals surface area contributed by atoms with Gasteiger partial charge in [-0.25, -0.2) is 0 Å². The van der Waals surface area contributed by atoms with Crippen molar-refractivity contribution in [1.82, 2.24) is 4.90 Å². The number of rotatable bonds is 5. The minimum absolute atomic E-state index is 0.0182. The number of carbonyl (C=O) groups excluding carboxylic acids is 1. The molecule has 0 bridgehead atoms. The summed E-state index contributed by atoms with van der Waals surface area (Å²) in [6.07, 6.45) is 0.930. The molecular weight excluding hydrogens is 228 g/mol. The molecule has 1 aromatic rings. The maximum atomic E-state index is 11.8. The number of nitrogens with zero attached hydrogens (tertiary/aromatic N) is 1. The van der Waals surface area contributed by atoms with E-state index in [0.29, 0.717) is 11.4 Å². The van der Waals surface area contributed by atoms with E-state index in [2.05, 4.69) is 6.92 Å². The third-order valence-electron chi connectivity index (χ3n) is 3.00. The minimum atomic E-state index is -0.0519. The van der Waals surface area contributed by atoms with E-state index in [9.17, 15) is 4.79 Å². The van der Waals surface area contributed by atoms with Crippen molar-refractivity contribution in [3.05, 3.63) is 23.8 Å². The van der Waals surface area contributed by atoms with Crippen LogP contribution in [0, 0.1) is 0 Å². The molecule has 1 rings (SSSR count). The number of nitrogen functional groups attached to an aromatic ring is 1. The zero-order valence-electron chi connectivity index (χ0n) is 11.6. The fourth-order valence-corrected chi connectivity index (χ4v) is 1.48. The number of hydrogen-bond donors (Lipinski definition) is 1. The highest BCUT2D eigenvalue weighted by molar-refractivity contribution is 5.78. The van der Waals surface area contributed by atoms with Crippen LogP contribution in [0.2, 0.25) is 0 Å². The van der Waals surface area contributed by atoms with Gasteiger partial charge in [-0.15, -0.1) is 0 Å². The summed E-state index contributed by atoms with van der Waals surface area (Å²) in [4.78, 5) is 13.4. The fraction of sp³-hybridized carbons (Fsp3) is 0.500. The lowest BCUT2D eigenvalue weighted by Gasteiger charge is -2.21. The summed E-state index contributed by atoms with van der Waals surface area (Å²) >= 11 is 0. The SMILES string of the molecule is CCc1ccc(OCC(=O)N(C)C(C)C)c(N)c1. The molecule has 0 fully saturated rings. The van der Waals surface area contributed by atoms with Gasteiger partial charge in [0.2, 0.25) is 0 Å². The Balaban J connectivity index is 2.61. The minimum Gasteiger partial charge on any atom is -0.482 e. The van der Waals surface area contributed by atoms with Crippen LogP contribution in [0.15, 0.2) is 18.2 Å². The first-order valence-corrected chi connectivity index (χ1v) is 6.22. The standard InChI is InChI=1S/C14H22N2O2/c1-5-11-6-7-13(12(15)8-11)18-9-14(17)16(4)10(2)3/h6-8,10H,5,9,15H2,1-4H3. The zero-order chi connectivity index (χ0) is 13.7. The highest BCUT2D eigenvalue weighted by Crippen LogP contribution is 2.22. The predicted molar refractivity (Wildman–Crippen MR) is 73.6 cm³/mol. The van der Waals surface area contributed by atoms with Crippen LogP contribution < -0.4 is 10.5 Å². The number of anilines is 1. The fourth-order valence-electron chi connectivity index (χ4n) is 1.48. The van der Waals surface area contributed by atoms with Gasteiger partial charge in [0.1, 0.15) is 5.75 Å². The second kappa shape index (κ2) is 6.28. The molecular formula is C14H22N2O2. The molecule has 1 aromatic carbocycles. The molecule has 2 N–H and O–H groups in total. The van der Waals surface area contributed by atoms with Crippen LogP contribution in [0.4, 0.5) is 5.69 Å². The Morgan fingerprint density at radius 2 is 2.11 bits per heavy atom. The van der Waals surface area contributed by atoms with Gasteiger partial charge in [0.15, 0.2) is 6.61 Å². The number of ether oxygens (including phenoxy) is 1. The van der Waals surface area contributed by atoms with Crippen molar-refractivity contribution in [3.63, 3.8) is 0 Å². The Hall–Kier alpha value is -1.71. The van der Waals surface area contributed by atoms with Gasteiger partial charge in [0.25, 0.3) is 5.91 Å². The van der Waals surface area contributed by atoms with E-state index in [1.807, 2.05) is 32.0 Å². The number of nitrogens with two attached hydrogens (primary N) is 1. The third-order valence-corrected chi connectivity index (χ3v) is 3.00. The van der Waals surface area contributed by atoms with Crippen LogP contribution in [-0.2, 0) is 11.2 Å². The molecule has 0 saturated carbocycles. The van der Waals surface area contributed by atoms with E-state index in [1.54, 1.807) is 11.9 Å². The van der Waals surface area contributed by atoms with Crippen molar-refractivity contribution >= 4 is 11.6 Å². The molecule has 0 aliphatic carbocycles. The van der Waals surface area contributed by atoms with Crippen molar-refractivity contribution in [3.8, 4) is 5.75 Å². The van der Waals surface area contributed by atoms with Gasteiger partial charge in [-0.1, -0.05) is 13.0 Å². The average molecular weight is 250 g/mol. The monoisotopic (exact) mass is 250 g/mol. The molecule has 4 nitrogen and oxygen atoms in total. The topological polar surface area (TPSA) is 55.6 Å². The van der Waals surface area contributed by atoms with Gasteiger partial charge in [-0.2, -0.15) is 0 Å². The molecule has 0 aromatic heterocycles. The summed E-state index contributed by atoms with van der Waals surface area (Å²) in [5.74, 6) is 0.515. The van der Waals surface area contributed by atoms with Crippen LogP contribution in [0.1, 0.15) is 26.3 Å². The van der Waals surface area contributed by atoms with Gasteiger partial charge in [0, 0.05) is 13.1 Å². The van der Waals surface area contributed by atoms with Gasteiger partial charge in [0.05, 0.1) is 5.69 Å². The van der Waals surface area contributed by atoms with Crippen LogP contribution >= 0.6 is 0 Å². The van der Waals surface area contributed by atoms with Crippen molar-refractivity contribution in [2.75, 3.05) is 19.4 Å². The summed E-state index contributed by atoms with van der Waals surface area (Å²) in [5.41, 5.74) is 7.61. The van der Waals surface area contributed by atoms with Crippen molar-refractivity contribution in [2.24, 2.45) is 0 Å². The van der Waals surface area contributed by atoms with Gasteiger partial charge in [-0.05, 0) is 38.0 Å². The van der Waals surface area contributed by atoms with E-state index < -0.39 is 0 Å². The number of carbonyl (C=O) groups is 1. The number of aryl methyl sites for hydroxylation is 1. The summed E-state index contributed by atoms with van der Waals surface area (Å²) in [6.45, 7) is 6.01. The number of likely N-dealkylation sites (N-methyl/N-ethyl adjacent to an activating group) is 1. The van der Waals surface area contributed by atoms with Crippen molar-refractivity contribution in [2.45, 2.75) is 33.2 Å². The number of benzene rings is 1. The van der Waals surface area contributed by atoms with E-state index in [-0.39, 0.29) is 18.6 Å². The van der Waals surface area contributed by atoms with E-state index in [1.165, 1.54) is 0 Å². The molecule has 0 saturated heterocycles. The first-order chi connectivity index (χ1) is 8.45. The van der Waals surface area contributed by atoms with Crippen LogP contribution in [-0.4, -0.2) is 30.5 Å². The van der Waals surface area contributed by atoms with Crippen LogP contribution in [0.3, 0.4) is 0 Å². The van der Waals surface area contributed by atoms with Gasteiger partial charge >= 0.3 is 0 Å². The van der Waals surface area contributed by atoms with E-state index >= 15 is 0 Å². The Morgan fingerprint density at radius 1 is 1.44 bits per heavy atom. The zero-order valence-corrected chi connectivity index (χ0v) is 11.6. The summed E-state index contributed by atoms with van der Waals surface area (Å²) in [7, 11) is 1.76. The number of amides is 1. The molecule has 0 aliphatic rings. The molecule has 0 aliphatic heterocycles. The first kappa shape index (κ1) is 14.4. The Morgan fingerprint density at radius 3 is 2.61 bits per heavy atom. The second-order valence-electron chi connectivity index (χ2n) is 4.61. The Bertz CT molecular complexity index is 416. The lowest BCUT2D eigenvalue weighted by molar-refractivity contribution is -0.133. The number of hydrogen-bond acceptors (Lipinski definition) is 3. The molecule has 1 amide bonds. The molecule has 18 heavy (non-hydrogen) atoms. The molecule has 0 spiro atoms. The Labute approximate surface area is 109 Å². The van der Waals surface area contributed by atoms with Gasteiger partial charge in [-0.3, -0.25) is 4.79 Å². The highest BCUT2D eigenvalue weighted by Gasteiger charge is 2.13. The highest BCUT2D eigenvalue weighted by atomic mass is 16.5. The summed E-state index contributed by atoms with van der Waals surface area (Å²) in [5, 5.41) is 0. The van der Waals surface area contributed by atoms with Gasteiger partial charge < -0.3 is 15.4 Å². The van der Waals surface area contributed by atoms with Crippen LogP contribution in [0.25, 0.3) is 0 Å². The molecule has 0 radical (unpaired) electrons. The first-order valence-electron chi connectivity index (χ1n) is 6.22.